The van der Waals surface area contributed by atoms with Gasteiger partial charge in [0.2, 0.25) is 0 Å². The maximum absolute atomic E-state index is 12.5. The molecule has 1 heterocycles. The van der Waals surface area contributed by atoms with Gasteiger partial charge in [0, 0.05) is 13.1 Å². The van der Waals surface area contributed by atoms with E-state index in [1.165, 1.54) is 12.0 Å². The van der Waals surface area contributed by atoms with Gasteiger partial charge in [0.1, 0.15) is 5.75 Å². The number of carbonyl (C=O) groups excluding carboxylic acids is 1. The summed E-state index contributed by atoms with van der Waals surface area (Å²) in [6.07, 6.45) is 1.89. The lowest BCUT2D eigenvalue weighted by atomic mass is 9.87. The first-order valence-electron chi connectivity index (χ1n) is 8.33. The summed E-state index contributed by atoms with van der Waals surface area (Å²) in [7, 11) is 0. The van der Waals surface area contributed by atoms with Crippen LogP contribution in [0.4, 0.5) is 0 Å². The van der Waals surface area contributed by atoms with Crippen molar-refractivity contribution in [1.29, 1.82) is 0 Å². The third kappa shape index (κ3) is 4.25. The first-order chi connectivity index (χ1) is 10.3. The molecule has 2 rings (SSSR count). The van der Waals surface area contributed by atoms with Crippen LogP contribution in [0, 0.1) is 5.92 Å². The van der Waals surface area contributed by atoms with Crippen molar-refractivity contribution in [2.45, 2.75) is 59.0 Å². The van der Waals surface area contributed by atoms with E-state index in [1.54, 1.807) is 0 Å². The minimum atomic E-state index is -0.425. The lowest BCUT2D eigenvalue weighted by molar-refractivity contribution is -0.139. The molecular weight excluding hydrogens is 274 g/mol. The summed E-state index contributed by atoms with van der Waals surface area (Å²) in [5, 5.41) is 0. The smallest absolute Gasteiger partial charge is 0.263 e. The number of ether oxygens (including phenoxy) is 1. The van der Waals surface area contributed by atoms with Crippen molar-refractivity contribution in [2.75, 3.05) is 13.1 Å². The van der Waals surface area contributed by atoms with Crippen LogP contribution in [0.25, 0.3) is 0 Å². The molecule has 0 saturated carbocycles. The van der Waals surface area contributed by atoms with Gasteiger partial charge in [-0.15, -0.1) is 0 Å². The number of amides is 1. The van der Waals surface area contributed by atoms with Crippen LogP contribution >= 0.6 is 0 Å². The minimum absolute atomic E-state index is 0.103. The summed E-state index contributed by atoms with van der Waals surface area (Å²) < 4.78 is 5.84. The van der Waals surface area contributed by atoms with E-state index in [1.807, 2.05) is 24.0 Å². The number of piperidine rings is 1. The molecule has 1 fully saturated rings. The zero-order chi connectivity index (χ0) is 16.3. The summed E-state index contributed by atoms with van der Waals surface area (Å²) >= 11 is 0. The number of hydrogen-bond acceptors (Lipinski definition) is 2. The maximum Gasteiger partial charge on any atom is 0.263 e. The lowest BCUT2D eigenvalue weighted by Gasteiger charge is -2.32. The Morgan fingerprint density at radius 1 is 1.27 bits per heavy atom. The molecule has 1 aromatic rings. The van der Waals surface area contributed by atoms with Crippen molar-refractivity contribution in [2.24, 2.45) is 5.92 Å². The Morgan fingerprint density at radius 3 is 2.45 bits per heavy atom. The molecule has 3 heteroatoms. The number of benzene rings is 1. The highest BCUT2D eigenvalue weighted by atomic mass is 16.5. The Kier molecular flexibility index (Phi) is 5.15. The maximum atomic E-state index is 12.5. The summed E-state index contributed by atoms with van der Waals surface area (Å²) in [6.45, 7) is 12.3. The van der Waals surface area contributed by atoms with E-state index in [2.05, 4.69) is 39.8 Å². The zero-order valence-corrected chi connectivity index (χ0v) is 14.6. The molecule has 1 aliphatic rings. The van der Waals surface area contributed by atoms with E-state index in [0.29, 0.717) is 5.92 Å². The Morgan fingerprint density at radius 2 is 1.91 bits per heavy atom. The van der Waals surface area contributed by atoms with Crippen LogP contribution in [0.2, 0.25) is 0 Å². The monoisotopic (exact) mass is 303 g/mol. The van der Waals surface area contributed by atoms with Crippen LogP contribution in [0.3, 0.4) is 0 Å². The average Bonchev–Trinajstić information content (AvgIpc) is 2.46. The van der Waals surface area contributed by atoms with E-state index >= 15 is 0 Å². The van der Waals surface area contributed by atoms with Gasteiger partial charge in [0.05, 0.1) is 0 Å². The number of hydrogen-bond donors (Lipinski definition) is 0. The molecule has 0 aliphatic carbocycles. The second-order valence-electron chi connectivity index (χ2n) is 7.57. The number of rotatable bonds is 3. The van der Waals surface area contributed by atoms with E-state index < -0.39 is 6.10 Å². The molecule has 0 radical (unpaired) electrons. The Labute approximate surface area is 134 Å². The SMILES string of the molecule is C[C@@H]1CCCN(C(=O)[C@H](C)Oc2ccc(C(C)(C)C)cc2)C1. The van der Waals surface area contributed by atoms with Gasteiger partial charge in [-0.25, -0.2) is 0 Å². The number of carbonyl (C=O) groups is 1. The van der Waals surface area contributed by atoms with Gasteiger partial charge < -0.3 is 9.64 Å². The normalized spacial score (nSPS) is 20.6. The second-order valence-corrected chi connectivity index (χ2v) is 7.57. The third-order valence-electron chi connectivity index (χ3n) is 4.35. The van der Waals surface area contributed by atoms with Gasteiger partial charge in [-0.2, -0.15) is 0 Å². The fraction of sp³-hybridized carbons (Fsp3) is 0.632. The summed E-state index contributed by atoms with van der Waals surface area (Å²) in [6, 6.07) is 8.08. The number of nitrogens with zero attached hydrogens (tertiary/aromatic N) is 1. The zero-order valence-electron chi connectivity index (χ0n) is 14.6. The summed E-state index contributed by atoms with van der Waals surface area (Å²) in [5.74, 6) is 1.46. The van der Waals surface area contributed by atoms with Crippen molar-refractivity contribution in [1.82, 2.24) is 4.90 Å². The molecule has 1 aromatic carbocycles. The van der Waals surface area contributed by atoms with Crippen molar-refractivity contribution < 1.29 is 9.53 Å². The van der Waals surface area contributed by atoms with Crippen molar-refractivity contribution in [3.8, 4) is 5.75 Å². The van der Waals surface area contributed by atoms with Crippen molar-refractivity contribution >= 4 is 5.91 Å². The van der Waals surface area contributed by atoms with Gasteiger partial charge in [-0.05, 0) is 48.8 Å². The molecule has 0 bridgehead atoms. The molecule has 1 saturated heterocycles. The first-order valence-corrected chi connectivity index (χ1v) is 8.33. The van der Waals surface area contributed by atoms with Crippen LogP contribution in [-0.4, -0.2) is 30.0 Å². The number of likely N-dealkylation sites (tertiary alicyclic amines) is 1. The van der Waals surface area contributed by atoms with Crippen LogP contribution in [0.1, 0.15) is 53.0 Å². The highest BCUT2D eigenvalue weighted by Crippen LogP contribution is 2.25. The molecular formula is C19H29NO2. The highest BCUT2D eigenvalue weighted by molar-refractivity contribution is 5.81. The standard InChI is InChI=1S/C19H29NO2/c1-14-7-6-12-20(13-14)18(21)15(2)22-17-10-8-16(9-11-17)19(3,4)5/h8-11,14-15H,6-7,12-13H2,1-5H3/t14-,15+/m1/s1. The second kappa shape index (κ2) is 6.72. The van der Waals surface area contributed by atoms with Gasteiger partial charge >= 0.3 is 0 Å². The van der Waals surface area contributed by atoms with Crippen LogP contribution in [-0.2, 0) is 10.2 Å². The third-order valence-corrected chi connectivity index (χ3v) is 4.35. The first kappa shape index (κ1) is 16.9. The summed E-state index contributed by atoms with van der Waals surface area (Å²) in [4.78, 5) is 14.4. The molecule has 0 spiro atoms. The average molecular weight is 303 g/mol. The largest absolute Gasteiger partial charge is 0.481 e. The molecule has 22 heavy (non-hydrogen) atoms. The van der Waals surface area contributed by atoms with Crippen LogP contribution in [0.15, 0.2) is 24.3 Å². The van der Waals surface area contributed by atoms with Crippen LogP contribution in [0.5, 0.6) is 5.75 Å². The topological polar surface area (TPSA) is 29.5 Å². The van der Waals surface area contributed by atoms with Crippen molar-refractivity contribution in [3.05, 3.63) is 29.8 Å². The minimum Gasteiger partial charge on any atom is -0.481 e. The van der Waals surface area contributed by atoms with Crippen molar-refractivity contribution in [3.63, 3.8) is 0 Å². The van der Waals surface area contributed by atoms with E-state index in [9.17, 15) is 4.79 Å². The molecule has 0 N–H and O–H groups in total. The fourth-order valence-electron chi connectivity index (χ4n) is 2.93. The molecule has 2 atom stereocenters. The molecule has 1 amide bonds. The van der Waals surface area contributed by atoms with Crippen LogP contribution < -0.4 is 4.74 Å². The van der Waals surface area contributed by atoms with E-state index in [-0.39, 0.29) is 11.3 Å². The predicted molar refractivity (Wildman–Crippen MR) is 90.2 cm³/mol. The highest BCUT2D eigenvalue weighted by Gasteiger charge is 2.26. The quantitative estimate of drug-likeness (QED) is 0.844. The van der Waals surface area contributed by atoms with Gasteiger partial charge in [0.25, 0.3) is 5.91 Å². The molecule has 1 aliphatic heterocycles. The van der Waals surface area contributed by atoms with Gasteiger partial charge in [0.15, 0.2) is 6.10 Å². The molecule has 122 valence electrons. The summed E-state index contributed by atoms with van der Waals surface area (Å²) in [5.41, 5.74) is 1.40. The molecule has 3 nitrogen and oxygen atoms in total. The Balaban J connectivity index is 1.96. The van der Waals surface area contributed by atoms with E-state index in [4.69, 9.17) is 4.74 Å². The fourth-order valence-corrected chi connectivity index (χ4v) is 2.93. The Bertz CT molecular complexity index is 501. The lowest BCUT2D eigenvalue weighted by Crippen LogP contribution is -2.45. The molecule has 0 aromatic heterocycles. The van der Waals surface area contributed by atoms with Gasteiger partial charge in [-0.3, -0.25) is 4.79 Å². The Hall–Kier alpha value is -1.51. The van der Waals surface area contributed by atoms with Gasteiger partial charge in [-0.1, -0.05) is 39.8 Å². The predicted octanol–water partition coefficient (Wildman–Crippen LogP) is 4.01. The van der Waals surface area contributed by atoms with E-state index in [0.717, 1.165) is 25.3 Å². The molecule has 0 unspecified atom stereocenters.